The maximum atomic E-state index is 13.0. The van der Waals surface area contributed by atoms with Gasteiger partial charge in [-0.3, -0.25) is 9.69 Å². The van der Waals surface area contributed by atoms with E-state index in [0.29, 0.717) is 23.7 Å². The predicted molar refractivity (Wildman–Crippen MR) is 95.3 cm³/mol. The van der Waals surface area contributed by atoms with Gasteiger partial charge in [0.2, 0.25) is 11.5 Å². The van der Waals surface area contributed by atoms with Crippen molar-refractivity contribution in [1.82, 2.24) is 4.90 Å². The summed E-state index contributed by atoms with van der Waals surface area (Å²) >= 11 is 0. The molecule has 1 aromatic carbocycles. The Kier molecular flexibility index (Phi) is 3.74. The summed E-state index contributed by atoms with van der Waals surface area (Å²) in [5.41, 5.74) is 0.875. The number of fused-ring (bicyclic) bond motifs is 1. The highest BCUT2D eigenvalue weighted by Crippen LogP contribution is 2.63. The Hall–Kier alpha value is -2.21. The van der Waals surface area contributed by atoms with E-state index < -0.39 is 11.0 Å². The molecule has 1 aromatic rings. The van der Waals surface area contributed by atoms with Gasteiger partial charge in [-0.15, -0.1) is 0 Å². The lowest BCUT2D eigenvalue weighted by Gasteiger charge is -2.55. The topological polar surface area (TPSA) is 68.2 Å². The van der Waals surface area contributed by atoms with Crippen LogP contribution in [0, 0.1) is 0 Å². The molecule has 4 rings (SSSR count). The van der Waals surface area contributed by atoms with Gasteiger partial charge in [-0.05, 0) is 44.5 Å². The van der Waals surface area contributed by atoms with Crippen molar-refractivity contribution >= 4 is 5.78 Å². The van der Waals surface area contributed by atoms with Crippen molar-refractivity contribution in [2.45, 2.75) is 36.6 Å². The number of likely N-dealkylation sites (N-methyl/N-ethyl adjacent to an activating group) is 1. The molecule has 2 aliphatic carbocycles. The van der Waals surface area contributed by atoms with E-state index in [2.05, 4.69) is 11.9 Å². The van der Waals surface area contributed by atoms with Crippen LogP contribution in [-0.2, 0) is 26.1 Å². The van der Waals surface area contributed by atoms with Crippen molar-refractivity contribution in [3.05, 3.63) is 34.8 Å². The van der Waals surface area contributed by atoms with Gasteiger partial charge in [0.25, 0.3) is 0 Å². The molecule has 0 radical (unpaired) electrons. The first kappa shape index (κ1) is 17.2. The number of carbonyl (C=O) groups excluding carboxylic acids is 1. The second kappa shape index (κ2) is 5.64. The molecule has 0 bridgehead atoms. The first-order chi connectivity index (χ1) is 12.5. The van der Waals surface area contributed by atoms with E-state index in [4.69, 9.17) is 14.2 Å². The quantitative estimate of drug-likeness (QED) is 0.892. The number of carbonyl (C=O) groups is 1. The molecule has 0 unspecified atom stereocenters. The maximum absolute atomic E-state index is 13.0. The molecule has 26 heavy (non-hydrogen) atoms. The van der Waals surface area contributed by atoms with Gasteiger partial charge in [0.05, 0.1) is 26.9 Å². The van der Waals surface area contributed by atoms with Gasteiger partial charge in [0.1, 0.15) is 0 Å². The minimum Gasteiger partial charge on any atom is -0.504 e. The van der Waals surface area contributed by atoms with Crippen LogP contribution in [0.2, 0.25) is 0 Å². The molecule has 0 saturated carbocycles. The first-order valence-electron chi connectivity index (χ1n) is 8.93. The van der Waals surface area contributed by atoms with Gasteiger partial charge < -0.3 is 19.3 Å². The second-order valence-electron chi connectivity index (χ2n) is 7.43. The number of rotatable bonds is 3. The Bertz CT molecular complexity index is 817. The van der Waals surface area contributed by atoms with Crippen molar-refractivity contribution in [2.75, 3.05) is 34.9 Å². The van der Waals surface area contributed by atoms with Crippen molar-refractivity contribution in [1.29, 1.82) is 0 Å². The van der Waals surface area contributed by atoms with Crippen LogP contribution < -0.4 is 4.74 Å². The van der Waals surface area contributed by atoms with Crippen LogP contribution in [-0.4, -0.2) is 56.3 Å². The lowest BCUT2D eigenvalue weighted by Crippen LogP contribution is -2.62. The van der Waals surface area contributed by atoms with Crippen LogP contribution in [0.4, 0.5) is 0 Å². The number of Topliss-reactive ketones (excluding diaryl/α,β-unsaturated/α-hetero) is 1. The number of aromatic hydroxyl groups is 1. The zero-order valence-corrected chi connectivity index (χ0v) is 15.7. The highest BCUT2D eigenvalue weighted by Gasteiger charge is 2.68. The second-order valence-corrected chi connectivity index (χ2v) is 7.43. The predicted octanol–water partition coefficient (Wildman–Crippen LogP) is 2.14. The molecule has 6 nitrogen and oxygen atoms in total. The molecule has 1 heterocycles. The fraction of sp³-hybridized carbons (Fsp3) is 0.550. The Morgan fingerprint density at radius 3 is 2.54 bits per heavy atom. The molecule has 140 valence electrons. The van der Waals surface area contributed by atoms with E-state index in [9.17, 15) is 9.90 Å². The number of ketones is 1. The van der Waals surface area contributed by atoms with Gasteiger partial charge in [0, 0.05) is 17.4 Å². The van der Waals surface area contributed by atoms with Gasteiger partial charge in [-0.2, -0.15) is 0 Å². The summed E-state index contributed by atoms with van der Waals surface area (Å²) in [6.45, 7) is 0.813. The van der Waals surface area contributed by atoms with E-state index in [-0.39, 0.29) is 11.5 Å². The molecular formula is C20H25NO5. The van der Waals surface area contributed by atoms with Crippen LogP contribution in [0.25, 0.3) is 0 Å². The maximum Gasteiger partial charge on any atom is 0.201 e. The average molecular weight is 359 g/mol. The molecule has 1 N–H and O–H groups in total. The summed E-state index contributed by atoms with van der Waals surface area (Å²) < 4.78 is 16.6. The largest absolute Gasteiger partial charge is 0.504 e. The van der Waals surface area contributed by atoms with Crippen molar-refractivity contribution in [3.8, 4) is 11.5 Å². The summed E-state index contributed by atoms with van der Waals surface area (Å²) in [6.07, 6.45) is 2.66. The minimum atomic E-state index is -0.543. The number of allylic oxidation sites excluding steroid dienone is 1. The van der Waals surface area contributed by atoms with Crippen LogP contribution in [0.15, 0.2) is 23.7 Å². The molecule has 0 aromatic heterocycles. The lowest BCUT2D eigenvalue weighted by molar-refractivity contribution is -0.124. The van der Waals surface area contributed by atoms with E-state index in [1.807, 2.05) is 6.07 Å². The highest BCUT2D eigenvalue weighted by molar-refractivity contribution is 5.97. The number of phenolic OH excluding ortho intramolecular Hbond substituents is 1. The van der Waals surface area contributed by atoms with Crippen molar-refractivity contribution in [3.63, 3.8) is 0 Å². The zero-order valence-electron chi connectivity index (χ0n) is 15.7. The third-order valence-corrected chi connectivity index (χ3v) is 6.70. The smallest absolute Gasteiger partial charge is 0.201 e. The van der Waals surface area contributed by atoms with E-state index >= 15 is 0 Å². The number of phenols is 1. The molecule has 2 atom stereocenters. The van der Waals surface area contributed by atoms with Gasteiger partial charge >= 0.3 is 0 Å². The SMILES string of the molecule is COC1=C(OC)[C@@]23CCc4ccc(OC)c(O)c4[C@@]2(CCN3C)CC1=O. The van der Waals surface area contributed by atoms with Crippen LogP contribution >= 0.6 is 0 Å². The number of benzene rings is 1. The number of likely N-dealkylation sites (tertiary alicyclic amines) is 1. The van der Waals surface area contributed by atoms with E-state index in [1.165, 1.54) is 7.11 Å². The number of aryl methyl sites for hydroxylation is 1. The van der Waals surface area contributed by atoms with Crippen molar-refractivity contribution in [2.24, 2.45) is 0 Å². The number of methoxy groups -OCH3 is 3. The molecule has 6 heteroatoms. The highest BCUT2D eigenvalue weighted by atomic mass is 16.5. The van der Waals surface area contributed by atoms with Gasteiger partial charge in [-0.25, -0.2) is 0 Å². The zero-order chi connectivity index (χ0) is 18.7. The van der Waals surface area contributed by atoms with E-state index in [1.54, 1.807) is 20.3 Å². The number of hydrogen-bond donors (Lipinski definition) is 1. The van der Waals surface area contributed by atoms with Crippen LogP contribution in [0.3, 0.4) is 0 Å². The molecule has 0 spiro atoms. The number of ether oxygens (including phenoxy) is 3. The summed E-state index contributed by atoms with van der Waals surface area (Å²) in [5, 5.41) is 11.0. The Morgan fingerprint density at radius 2 is 1.88 bits per heavy atom. The molecular weight excluding hydrogens is 334 g/mol. The third kappa shape index (κ3) is 1.78. The summed E-state index contributed by atoms with van der Waals surface area (Å²) in [4.78, 5) is 15.2. The molecule has 1 aliphatic heterocycles. The molecule has 1 fully saturated rings. The van der Waals surface area contributed by atoms with Crippen molar-refractivity contribution < 1.29 is 24.1 Å². The molecule has 0 amide bonds. The fourth-order valence-electron chi connectivity index (χ4n) is 5.68. The summed E-state index contributed by atoms with van der Waals surface area (Å²) in [6, 6.07) is 3.81. The molecule has 3 aliphatic rings. The number of nitrogens with zero attached hydrogens (tertiary/aromatic N) is 1. The average Bonchev–Trinajstić information content (AvgIpc) is 2.93. The van der Waals surface area contributed by atoms with Crippen LogP contribution in [0.1, 0.15) is 30.4 Å². The Balaban J connectivity index is 2.07. The molecule has 1 saturated heterocycles. The van der Waals surface area contributed by atoms with E-state index in [0.717, 1.165) is 36.9 Å². The van der Waals surface area contributed by atoms with Crippen LogP contribution in [0.5, 0.6) is 11.5 Å². The standard InChI is InChI=1S/C20H25NO5/c1-21-10-9-19-11-13(22)17(25-3)18(26-4)20(19,21)8-7-12-5-6-14(24-2)16(23)15(12)19/h5-6,23H,7-11H2,1-4H3/t19-,20+/m1/s1. The number of hydrogen-bond acceptors (Lipinski definition) is 6. The first-order valence-corrected chi connectivity index (χ1v) is 8.93. The fourth-order valence-corrected chi connectivity index (χ4v) is 5.68. The van der Waals surface area contributed by atoms with Gasteiger partial charge in [0.15, 0.2) is 17.3 Å². The van der Waals surface area contributed by atoms with Gasteiger partial charge in [-0.1, -0.05) is 6.07 Å². The summed E-state index contributed by atoms with van der Waals surface area (Å²) in [5.74, 6) is 1.40. The summed E-state index contributed by atoms with van der Waals surface area (Å²) in [7, 11) is 6.72. The monoisotopic (exact) mass is 359 g/mol. The normalized spacial score (nSPS) is 30.5. The minimum absolute atomic E-state index is 0.0784. The Labute approximate surface area is 153 Å². The Morgan fingerprint density at radius 1 is 1.12 bits per heavy atom. The third-order valence-electron chi connectivity index (χ3n) is 6.70. The lowest BCUT2D eigenvalue weighted by atomic mass is 9.53.